The van der Waals surface area contributed by atoms with Gasteiger partial charge in [-0.15, -0.1) is 0 Å². The van der Waals surface area contributed by atoms with Crippen molar-refractivity contribution in [1.29, 1.82) is 0 Å². The normalized spacial score (nSPS) is 12.5. The lowest BCUT2D eigenvalue weighted by molar-refractivity contribution is 0.0910. The molecule has 1 unspecified atom stereocenters. The van der Waals surface area contributed by atoms with E-state index in [1.54, 1.807) is 6.07 Å². The summed E-state index contributed by atoms with van der Waals surface area (Å²) >= 11 is 3.35. The minimum absolute atomic E-state index is 0.138. The largest absolute Gasteiger partial charge is 0.456 e. The number of nitrogens with one attached hydrogen (secondary N) is 1. The van der Waals surface area contributed by atoms with Crippen molar-refractivity contribution in [3.63, 3.8) is 0 Å². The average Bonchev–Trinajstić information content (AvgIpc) is 2.74. The molecule has 4 heteroatoms. The van der Waals surface area contributed by atoms with Gasteiger partial charge in [0.05, 0.1) is 0 Å². The van der Waals surface area contributed by atoms with Crippen LogP contribution in [0.3, 0.4) is 0 Å². The second-order valence-corrected chi connectivity index (χ2v) is 4.00. The molecular formula is C11H16BrNO2. The average molecular weight is 274 g/mol. The highest BCUT2D eigenvalue weighted by Crippen LogP contribution is 2.09. The van der Waals surface area contributed by atoms with E-state index in [1.165, 1.54) is 0 Å². The molecule has 1 atom stereocenters. The zero-order valence-electron chi connectivity index (χ0n) is 9.05. The van der Waals surface area contributed by atoms with E-state index in [4.69, 9.17) is 4.42 Å². The summed E-state index contributed by atoms with van der Waals surface area (Å²) in [6.45, 7) is 4.03. The van der Waals surface area contributed by atoms with E-state index in [0.29, 0.717) is 5.76 Å². The second kappa shape index (κ2) is 5.95. The summed E-state index contributed by atoms with van der Waals surface area (Å²) in [6, 6.07) is 3.71. The van der Waals surface area contributed by atoms with Crippen LogP contribution in [0.1, 0.15) is 36.6 Å². The first-order valence-corrected chi connectivity index (χ1v) is 6.28. The smallest absolute Gasteiger partial charge is 0.287 e. The first-order valence-electron chi connectivity index (χ1n) is 5.16. The van der Waals surface area contributed by atoms with Gasteiger partial charge >= 0.3 is 0 Å². The third kappa shape index (κ3) is 3.38. The van der Waals surface area contributed by atoms with Crippen molar-refractivity contribution in [2.75, 3.05) is 5.33 Å². The maximum atomic E-state index is 11.7. The highest BCUT2D eigenvalue weighted by Gasteiger charge is 2.14. The first kappa shape index (κ1) is 12.3. The topological polar surface area (TPSA) is 42.2 Å². The van der Waals surface area contributed by atoms with Gasteiger partial charge in [0.25, 0.3) is 5.91 Å². The Morgan fingerprint density at radius 1 is 1.53 bits per heavy atom. The lowest BCUT2D eigenvalue weighted by Crippen LogP contribution is -2.35. The quantitative estimate of drug-likeness (QED) is 0.839. The highest BCUT2D eigenvalue weighted by molar-refractivity contribution is 9.09. The Balaban J connectivity index is 2.60. The second-order valence-electron chi connectivity index (χ2n) is 3.35. The van der Waals surface area contributed by atoms with Gasteiger partial charge in [0.15, 0.2) is 5.76 Å². The molecule has 0 saturated heterocycles. The van der Waals surface area contributed by atoms with E-state index in [1.807, 2.05) is 19.9 Å². The van der Waals surface area contributed by atoms with Gasteiger partial charge in [-0.25, -0.2) is 0 Å². The molecule has 0 spiro atoms. The predicted octanol–water partition coefficient (Wildman–Crippen LogP) is 2.75. The minimum atomic E-state index is -0.138. The lowest BCUT2D eigenvalue weighted by atomic mass is 10.2. The Morgan fingerprint density at radius 2 is 2.27 bits per heavy atom. The highest BCUT2D eigenvalue weighted by atomic mass is 79.9. The molecule has 0 aliphatic heterocycles. The summed E-state index contributed by atoms with van der Waals surface area (Å²) in [5, 5.41) is 3.65. The van der Waals surface area contributed by atoms with Gasteiger partial charge in [0.2, 0.25) is 0 Å². The van der Waals surface area contributed by atoms with Crippen LogP contribution in [-0.4, -0.2) is 17.3 Å². The molecule has 0 aliphatic carbocycles. The molecule has 0 radical (unpaired) electrons. The fourth-order valence-electron chi connectivity index (χ4n) is 1.20. The van der Waals surface area contributed by atoms with Crippen LogP contribution in [-0.2, 0) is 6.42 Å². The van der Waals surface area contributed by atoms with Crippen molar-refractivity contribution in [1.82, 2.24) is 5.32 Å². The maximum absolute atomic E-state index is 11.7. The molecule has 15 heavy (non-hydrogen) atoms. The molecule has 3 nitrogen and oxygen atoms in total. The summed E-state index contributed by atoms with van der Waals surface area (Å²) in [7, 11) is 0. The number of amides is 1. The van der Waals surface area contributed by atoms with Crippen molar-refractivity contribution >= 4 is 21.8 Å². The number of aryl methyl sites for hydroxylation is 1. The van der Waals surface area contributed by atoms with Crippen LogP contribution in [0.25, 0.3) is 0 Å². The summed E-state index contributed by atoms with van der Waals surface area (Å²) in [4.78, 5) is 11.7. The molecule has 0 fully saturated rings. The van der Waals surface area contributed by atoms with Crippen LogP contribution in [0.4, 0.5) is 0 Å². The van der Waals surface area contributed by atoms with Gasteiger partial charge in [-0.3, -0.25) is 4.79 Å². The number of carbonyl (C=O) groups is 1. The Morgan fingerprint density at radius 3 is 2.73 bits per heavy atom. The van der Waals surface area contributed by atoms with Gasteiger partial charge < -0.3 is 9.73 Å². The molecule has 0 aromatic carbocycles. The maximum Gasteiger partial charge on any atom is 0.287 e. The molecule has 1 rings (SSSR count). The molecular weight excluding hydrogens is 258 g/mol. The van der Waals surface area contributed by atoms with Crippen LogP contribution in [0.2, 0.25) is 0 Å². The zero-order chi connectivity index (χ0) is 11.3. The Kier molecular flexibility index (Phi) is 4.88. The number of hydrogen-bond donors (Lipinski definition) is 1. The first-order chi connectivity index (χ1) is 7.21. The van der Waals surface area contributed by atoms with Gasteiger partial charge in [0.1, 0.15) is 5.76 Å². The standard InChI is InChI=1S/C11H16BrNO2/c1-3-8(7-12)13-11(14)10-6-5-9(4-2)15-10/h5-6,8H,3-4,7H2,1-2H3,(H,13,14). The monoisotopic (exact) mass is 273 g/mol. The fourth-order valence-corrected chi connectivity index (χ4v) is 1.82. The van der Waals surface area contributed by atoms with Gasteiger partial charge in [-0.2, -0.15) is 0 Å². The number of alkyl halides is 1. The van der Waals surface area contributed by atoms with Crippen LogP contribution in [0.15, 0.2) is 16.5 Å². The Hall–Kier alpha value is -0.770. The molecule has 1 amide bonds. The van der Waals surface area contributed by atoms with Crippen LogP contribution in [0.5, 0.6) is 0 Å². The third-order valence-electron chi connectivity index (χ3n) is 2.25. The van der Waals surface area contributed by atoms with Crippen LogP contribution < -0.4 is 5.32 Å². The number of hydrogen-bond acceptors (Lipinski definition) is 2. The molecule has 0 bridgehead atoms. The number of halogens is 1. The van der Waals surface area contributed by atoms with Crippen molar-refractivity contribution in [3.8, 4) is 0 Å². The predicted molar refractivity (Wildman–Crippen MR) is 63.4 cm³/mol. The molecule has 1 N–H and O–H groups in total. The van der Waals surface area contributed by atoms with E-state index in [0.717, 1.165) is 23.9 Å². The number of furan rings is 1. The van der Waals surface area contributed by atoms with Crippen molar-refractivity contribution < 1.29 is 9.21 Å². The van der Waals surface area contributed by atoms with Gasteiger partial charge in [-0.1, -0.05) is 29.8 Å². The molecule has 1 heterocycles. The fraction of sp³-hybridized carbons (Fsp3) is 0.545. The summed E-state index contributed by atoms with van der Waals surface area (Å²) < 4.78 is 5.36. The zero-order valence-corrected chi connectivity index (χ0v) is 10.6. The van der Waals surface area contributed by atoms with E-state index in [2.05, 4.69) is 21.2 Å². The summed E-state index contributed by atoms with van der Waals surface area (Å²) in [6.07, 6.45) is 1.71. The minimum Gasteiger partial charge on any atom is -0.456 e. The van der Waals surface area contributed by atoms with Crippen LogP contribution in [0, 0.1) is 0 Å². The van der Waals surface area contributed by atoms with Crippen LogP contribution >= 0.6 is 15.9 Å². The SMILES string of the molecule is CCc1ccc(C(=O)NC(CC)CBr)o1. The van der Waals surface area contributed by atoms with Crippen molar-refractivity contribution in [2.24, 2.45) is 0 Å². The Bertz CT molecular complexity index is 318. The number of carbonyl (C=O) groups excluding carboxylic acids is 1. The molecule has 0 aliphatic rings. The van der Waals surface area contributed by atoms with Gasteiger partial charge in [-0.05, 0) is 18.6 Å². The van der Waals surface area contributed by atoms with Crippen molar-refractivity contribution in [2.45, 2.75) is 32.7 Å². The molecule has 0 saturated carbocycles. The van der Waals surface area contributed by atoms with E-state index >= 15 is 0 Å². The third-order valence-corrected chi connectivity index (χ3v) is 3.03. The molecule has 1 aromatic heterocycles. The summed E-state index contributed by atoms with van der Waals surface area (Å²) in [5.41, 5.74) is 0. The summed E-state index contributed by atoms with van der Waals surface area (Å²) in [5.74, 6) is 1.10. The van der Waals surface area contributed by atoms with E-state index < -0.39 is 0 Å². The Labute approximate surface area is 98.4 Å². The lowest BCUT2D eigenvalue weighted by Gasteiger charge is -2.12. The van der Waals surface area contributed by atoms with E-state index in [9.17, 15) is 4.79 Å². The number of rotatable bonds is 5. The van der Waals surface area contributed by atoms with Crippen molar-refractivity contribution in [3.05, 3.63) is 23.7 Å². The molecule has 84 valence electrons. The van der Waals surface area contributed by atoms with E-state index in [-0.39, 0.29) is 11.9 Å². The van der Waals surface area contributed by atoms with Gasteiger partial charge in [0, 0.05) is 17.8 Å². The molecule has 1 aromatic rings.